The molecule has 0 aliphatic heterocycles. The maximum Gasteiger partial charge on any atom is 0.303 e. The highest BCUT2D eigenvalue weighted by Gasteiger charge is 2.30. The number of nitro benzene ring substituents is 1. The topological polar surface area (TPSA) is 83.7 Å². The summed E-state index contributed by atoms with van der Waals surface area (Å²) in [5.74, 6) is -0.800. The normalized spacial score (nSPS) is 14.4. The minimum atomic E-state index is -0.800. The van der Waals surface area contributed by atoms with Crippen molar-refractivity contribution in [1.82, 2.24) is 4.90 Å². The number of nitrogens with zero attached hydrogens (tertiary/aromatic N) is 2. The van der Waals surface area contributed by atoms with E-state index in [2.05, 4.69) is 4.90 Å². The number of rotatable bonds is 8. The summed E-state index contributed by atoms with van der Waals surface area (Å²) in [6, 6.07) is 7.18. The van der Waals surface area contributed by atoms with Gasteiger partial charge in [0, 0.05) is 30.6 Å². The van der Waals surface area contributed by atoms with E-state index in [1.54, 1.807) is 18.2 Å². The van der Waals surface area contributed by atoms with Gasteiger partial charge in [-0.2, -0.15) is 0 Å². The Morgan fingerprint density at radius 3 is 2.70 bits per heavy atom. The summed E-state index contributed by atoms with van der Waals surface area (Å²) in [6.07, 6.45) is 2.90. The van der Waals surface area contributed by atoms with Crippen LogP contribution >= 0.6 is 0 Å². The molecule has 0 bridgehead atoms. The predicted molar refractivity (Wildman–Crippen MR) is 73.4 cm³/mol. The van der Waals surface area contributed by atoms with Crippen molar-refractivity contribution in [2.24, 2.45) is 0 Å². The minimum absolute atomic E-state index is 0.136. The van der Waals surface area contributed by atoms with Crippen molar-refractivity contribution in [3.05, 3.63) is 39.9 Å². The predicted octanol–water partition coefficient (Wildman–Crippen LogP) is 2.42. The molecule has 0 heterocycles. The van der Waals surface area contributed by atoms with E-state index in [0.29, 0.717) is 31.1 Å². The van der Waals surface area contributed by atoms with E-state index in [1.807, 2.05) is 0 Å². The molecule has 0 atom stereocenters. The van der Waals surface area contributed by atoms with Gasteiger partial charge in [0.05, 0.1) is 4.92 Å². The van der Waals surface area contributed by atoms with E-state index in [1.165, 1.54) is 6.07 Å². The maximum atomic E-state index is 11.0. The molecular formula is C14H18N2O4. The molecule has 0 saturated heterocycles. The van der Waals surface area contributed by atoms with Crippen LogP contribution in [-0.2, 0) is 11.3 Å². The summed E-state index contributed by atoms with van der Waals surface area (Å²) < 4.78 is 0. The lowest BCUT2D eigenvalue weighted by Gasteiger charge is -2.21. The molecule has 1 aliphatic carbocycles. The standard InChI is InChI=1S/C14H18N2O4/c17-14(18)6-3-9-15(12-7-8-12)10-11-4-1-2-5-13(11)16(19)20/h1-2,4-5,12H,3,6-10H2,(H,17,18). The number of para-hydroxylation sites is 1. The Morgan fingerprint density at radius 2 is 2.10 bits per heavy atom. The van der Waals surface area contributed by atoms with Gasteiger partial charge in [-0.15, -0.1) is 0 Å². The fourth-order valence-electron chi connectivity index (χ4n) is 2.31. The molecule has 0 amide bonds. The molecule has 1 aromatic carbocycles. The molecule has 0 unspecified atom stereocenters. The van der Waals surface area contributed by atoms with Gasteiger partial charge in [0.2, 0.25) is 0 Å². The number of carboxylic acids is 1. The Kier molecular flexibility index (Phi) is 4.68. The summed E-state index contributed by atoms with van der Waals surface area (Å²) in [4.78, 5) is 23.4. The summed E-state index contributed by atoms with van der Waals surface area (Å²) in [5.41, 5.74) is 0.830. The van der Waals surface area contributed by atoms with Crippen LogP contribution in [0.5, 0.6) is 0 Å². The molecule has 1 fully saturated rings. The van der Waals surface area contributed by atoms with Gasteiger partial charge in [-0.3, -0.25) is 19.8 Å². The Hall–Kier alpha value is -1.95. The minimum Gasteiger partial charge on any atom is -0.481 e. The SMILES string of the molecule is O=C(O)CCCN(Cc1ccccc1[N+](=O)[O-])C1CC1. The van der Waals surface area contributed by atoms with Crippen molar-refractivity contribution in [1.29, 1.82) is 0 Å². The van der Waals surface area contributed by atoms with Crippen LogP contribution in [-0.4, -0.2) is 33.5 Å². The molecule has 0 radical (unpaired) electrons. The van der Waals surface area contributed by atoms with Gasteiger partial charge < -0.3 is 5.11 Å². The van der Waals surface area contributed by atoms with Crippen LogP contribution < -0.4 is 0 Å². The van der Waals surface area contributed by atoms with Crippen LogP contribution in [0, 0.1) is 10.1 Å². The molecule has 20 heavy (non-hydrogen) atoms. The highest BCUT2D eigenvalue weighted by Crippen LogP contribution is 2.30. The van der Waals surface area contributed by atoms with Gasteiger partial charge in [0.1, 0.15) is 0 Å². The summed E-state index contributed by atoms with van der Waals surface area (Å²) in [6.45, 7) is 1.18. The van der Waals surface area contributed by atoms with E-state index in [0.717, 1.165) is 12.8 Å². The number of carboxylic acid groups (broad SMARTS) is 1. The van der Waals surface area contributed by atoms with Gasteiger partial charge in [-0.05, 0) is 25.8 Å². The van der Waals surface area contributed by atoms with Gasteiger partial charge in [0.25, 0.3) is 5.69 Å². The maximum absolute atomic E-state index is 11.0. The zero-order valence-electron chi connectivity index (χ0n) is 11.2. The Balaban J connectivity index is 2.01. The monoisotopic (exact) mass is 278 g/mol. The zero-order chi connectivity index (χ0) is 14.5. The van der Waals surface area contributed by atoms with Gasteiger partial charge in [0.15, 0.2) is 0 Å². The molecule has 0 spiro atoms. The van der Waals surface area contributed by atoms with Gasteiger partial charge in [-0.1, -0.05) is 18.2 Å². The Labute approximate surface area is 117 Å². The smallest absolute Gasteiger partial charge is 0.303 e. The fraction of sp³-hybridized carbons (Fsp3) is 0.500. The van der Waals surface area contributed by atoms with Crippen LogP contribution in [0.15, 0.2) is 24.3 Å². The third kappa shape index (κ3) is 4.03. The Morgan fingerprint density at radius 1 is 1.40 bits per heavy atom. The number of aliphatic carboxylic acids is 1. The summed E-state index contributed by atoms with van der Waals surface area (Å²) >= 11 is 0. The summed E-state index contributed by atoms with van der Waals surface area (Å²) in [5, 5.41) is 19.7. The van der Waals surface area contributed by atoms with Crippen molar-refractivity contribution in [2.45, 2.75) is 38.3 Å². The summed E-state index contributed by atoms with van der Waals surface area (Å²) in [7, 11) is 0. The number of hydrogen-bond acceptors (Lipinski definition) is 4. The van der Waals surface area contributed by atoms with Crippen molar-refractivity contribution in [2.75, 3.05) is 6.54 Å². The van der Waals surface area contributed by atoms with Crippen LogP contribution in [0.4, 0.5) is 5.69 Å². The van der Waals surface area contributed by atoms with Crippen LogP contribution in [0.1, 0.15) is 31.2 Å². The molecule has 108 valence electrons. The van der Waals surface area contributed by atoms with E-state index < -0.39 is 5.97 Å². The molecule has 1 saturated carbocycles. The highest BCUT2D eigenvalue weighted by atomic mass is 16.6. The number of benzene rings is 1. The molecule has 0 aromatic heterocycles. The molecule has 1 aliphatic rings. The second-order valence-electron chi connectivity index (χ2n) is 5.08. The lowest BCUT2D eigenvalue weighted by atomic mass is 10.1. The van der Waals surface area contributed by atoms with E-state index in [9.17, 15) is 14.9 Å². The largest absolute Gasteiger partial charge is 0.481 e. The number of hydrogen-bond donors (Lipinski definition) is 1. The van der Waals surface area contributed by atoms with Gasteiger partial charge in [-0.25, -0.2) is 0 Å². The second kappa shape index (κ2) is 6.47. The number of carbonyl (C=O) groups is 1. The average Bonchev–Trinajstić information content (AvgIpc) is 3.21. The van der Waals surface area contributed by atoms with Crippen LogP contribution in [0.25, 0.3) is 0 Å². The van der Waals surface area contributed by atoms with Crippen LogP contribution in [0.3, 0.4) is 0 Å². The van der Waals surface area contributed by atoms with Crippen molar-refractivity contribution >= 4 is 11.7 Å². The zero-order valence-corrected chi connectivity index (χ0v) is 11.2. The highest BCUT2D eigenvalue weighted by molar-refractivity contribution is 5.66. The Bertz CT molecular complexity index is 500. The first-order valence-corrected chi connectivity index (χ1v) is 6.76. The van der Waals surface area contributed by atoms with E-state index in [-0.39, 0.29) is 17.0 Å². The first-order chi connectivity index (χ1) is 9.58. The quantitative estimate of drug-likeness (QED) is 0.583. The third-order valence-corrected chi connectivity index (χ3v) is 3.46. The van der Waals surface area contributed by atoms with Gasteiger partial charge >= 0.3 is 5.97 Å². The molecule has 1 aromatic rings. The first-order valence-electron chi connectivity index (χ1n) is 6.76. The lowest BCUT2D eigenvalue weighted by molar-refractivity contribution is -0.385. The van der Waals surface area contributed by atoms with Crippen molar-refractivity contribution in [3.8, 4) is 0 Å². The molecule has 6 heteroatoms. The number of nitro groups is 1. The molecule has 1 N–H and O–H groups in total. The lowest BCUT2D eigenvalue weighted by Crippen LogP contribution is -2.27. The van der Waals surface area contributed by atoms with Crippen molar-refractivity contribution < 1.29 is 14.8 Å². The van der Waals surface area contributed by atoms with Crippen molar-refractivity contribution in [3.63, 3.8) is 0 Å². The second-order valence-corrected chi connectivity index (χ2v) is 5.08. The molecule has 6 nitrogen and oxygen atoms in total. The molecular weight excluding hydrogens is 260 g/mol. The molecule has 2 rings (SSSR count). The average molecular weight is 278 g/mol. The first kappa shape index (κ1) is 14.5. The van der Waals surface area contributed by atoms with E-state index >= 15 is 0 Å². The van der Waals surface area contributed by atoms with Crippen LogP contribution in [0.2, 0.25) is 0 Å². The third-order valence-electron chi connectivity index (χ3n) is 3.46. The van der Waals surface area contributed by atoms with E-state index in [4.69, 9.17) is 5.11 Å². The fourth-order valence-corrected chi connectivity index (χ4v) is 2.31.